The Hall–Kier alpha value is -1.52. The van der Waals surface area contributed by atoms with Crippen LogP contribution in [0.4, 0.5) is 4.79 Å². The summed E-state index contributed by atoms with van der Waals surface area (Å²) >= 11 is 0. The normalized spacial score (nSPS) is 13.5. The highest BCUT2D eigenvalue weighted by Crippen LogP contribution is 2.20. The Balaban J connectivity index is 2.66. The van der Waals surface area contributed by atoms with Gasteiger partial charge in [-0.2, -0.15) is 5.10 Å². The fourth-order valence-electron chi connectivity index (χ4n) is 1.46. The topological polar surface area (TPSA) is 67.0 Å². The first-order valence-corrected chi connectivity index (χ1v) is 5.79. The number of nitrogens with zero attached hydrogens (tertiary/aromatic N) is 1. The molecule has 1 aromatic heterocycles. The van der Waals surface area contributed by atoms with E-state index in [9.17, 15) is 4.79 Å². The van der Waals surface area contributed by atoms with Crippen molar-refractivity contribution < 1.29 is 9.53 Å². The van der Waals surface area contributed by atoms with Gasteiger partial charge in [-0.05, 0) is 32.8 Å². The molecule has 0 radical (unpaired) electrons. The van der Waals surface area contributed by atoms with E-state index in [1.165, 1.54) is 0 Å². The molecule has 0 unspecified atom stereocenters. The molecule has 0 saturated carbocycles. The number of carbonyl (C=O) groups is 1. The van der Waals surface area contributed by atoms with Crippen LogP contribution >= 0.6 is 0 Å². The summed E-state index contributed by atoms with van der Waals surface area (Å²) in [4.78, 5) is 11.7. The number of ether oxygens (including phenoxy) is 1. The first-order valence-electron chi connectivity index (χ1n) is 5.79. The van der Waals surface area contributed by atoms with Gasteiger partial charge >= 0.3 is 6.09 Å². The van der Waals surface area contributed by atoms with Gasteiger partial charge in [-0.15, -0.1) is 0 Å². The summed E-state index contributed by atoms with van der Waals surface area (Å²) in [5.41, 5.74) is 0.322. The molecule has 1 atom stereocenters. The molecule has 0 saturated heterocycles. The minimum absolute atomic E-state index is 0.143. The summed E-state index contributed by atoms with van der Waals surface area (Å²) < 4.78 is 5.23. The summed E-state index contributed by atoms with van der Waals surface area (Å²) in [6.45, 7) is 9.57. The molecule has 1 heterocycles. The highest BCUT2D eigenvalue weighted by molar-refractivity contribution is 5.68. The van der Waals surface area contributed by atoms with E-state index in [4.69, 9.17) is 4.74 Å². The highest BCUT2D eigenvalue weighted by Gasteiger charge is 2.23. The van der Waals surface area contributed by atoms with E-state index in [1.807, 2.05) is 40.7 Å². The third kappa shape index (κ3) is 4.46. The van der Waals surface area contributed by atoms with Gasteiger partial charge < -0.3 is 10.1 Å². The Bertz CT molecular complexity index is 352. The average Bonchev–Trinajstić information content (AvgIpc) is 2.63. The van der Waals surface area contributed by atoms with Crippen LogP contribution in [-0.2, 0) is 4.74 Å². The van der Waals surface area contributed by atoms with Crippen LogP contribution in [-0.4, -0.2) is 21.9 Å². The van der Waals surface area contributed by atoms with Crippen molar-refractivity contribution in [2.24, 2.45) is 5.92 Å². The van der Waals surface area contributed by atoms with Crippen LogP contribution in [0.25, 0.3) is 0 Å². The molecule has 0 bridgehead atoms. The largest absolute Gasteiger partial charge is 0.444 e. The lowest BCUT2D eigenvalue weighted by Crippen LogP contribution is -2.37. The number of aromatic amines is 1. The number of alkyl carbamates (subject to hydrolysis) is 1. The van der Waals surface area contributed by atoms with Crippen molar-refractivity contribution in [1.82, 2.24) is 15.5 Å². The summed E-state index contributed by atoms with van der Waals surface area (Å²) in [6.07, 6.45) is 1.32. The molecule has 2 N–H and O–H groups in total. The third-order valence-corrected chi connectivity index (χ3v) is 2.18. The van der Waals surface area contributed by atoms with Crippen molar-refractivity contribution in [3.63, 3.8) is 0 Å². The Kier molecular flexibility index (Phi) is 4.15. The molecular formula is C12H21N3O2. The average molecular weight is 239 g/mol. The number of amides is 1. The lowest BCUT2D eigenvalue weighted by Gasteiger charge is -2.24. The van der Waals surface area contributed by atoms with Crippen LogP contribution < -0.4 is 5.32 Å². The van der Waals surface area contributed by atoms with Crippen LogP contribution in [0.1, 0.15) is 46.4 Å². The zero-order valence-electron chi connectivity index (χ0n) is 11.1. The molecule has 1 rings (SSSR count). The lowest BCUT2D eigenvalue weighted by atomic mass is 10.0. The Labute approximate surface area is 102 Å². The molecule has 0 fully saturated rings. The number of nitrogens with one attached hydrogen (secondary N) is 2. The maximum Gasteiger partial charge on any atom is 0.408 e. The number of aromatic nitrogens is 2. The van der Waals surface area contributed by atoms with Gasteiger partial charge in [-0.1, -0.05) is 13.8 Å². The van der Waals surface area contributed by atoms with Crippen LogP contribution in [0.3, 0.4) is 0 Å². The van der Waals surface area contributed by atoms with Crippen molar-refractivity contribution in [3.05, 3.63) is 18.0 Å². The van der Waals surface area contributed by atoms with E-state index in [2.05, 4.69) is 15.5 Å². The molecule has 1 aromatic rings. The van der Waals surface area contributed by atoms with Gasteiger partial charge in [-0.3, -0.25) is 5.10 Å². The zero-order chi connectivity index (χ0) is 13.1. The van der Waals surface area contributed by atoms with E-state index in [0.717, 1.165) is 5.69 Å². The van der Waals surface area contributed by atoms with Crippen molar-refractivity contribution in [2.45, 2.75) is 46.3 Å². The molecule has 0 aromatic carbocycles. The molecule has 0 spiro atoms. The molecule has 0 aliphatic heterocycles. The lowest BCUT2D eigenvalue weighted by molar-refractivity contribution is 0.0488. The van der Waals surface area contributed by atoms with Crippen LogP contribution in [0, 0.1) is 5.92 Å². The summed E-state index contributed by atoms with van der Waals surface area (Å²) in [5.74, 6) is 0.241. The van der Waals surface area contributed by atoms with E-state index < -0.39 is 11.7 Å². The minimum Gasteiger partial charge on any atom is -0.444 e. The van der Waals surface area contributed by atoms with Crippen LogP contribution in [0.15, 0.2) is 12.3 Å². The molecule has 0 aliphatic rings. The molecular weight excluding hydrogens is 218 g/mol. The van der Waals surface area contributed by atoms with Crippen LogP contribution in [0.2, 0.25) is 0 Å². The summed E-state index contributed by atoms with van der Waals surface area (Å²) in [5, 5.41) is 9.67. The van der Waals surface area contributed by atoms with Crippen molar-refractivity contribution in [1.29, 1.82) is 0 Å². The highest BCUT2D eigenvalue weighted by atomic mass is 16.6. The van der Waals surface area contributed by atoms with Gasteiger partial charge in [0.05, 0.1) is 11.7 Å². The quantitative estimate of drug-likeness (QED) is 0.852. The molecule has 1 amide bonds. The molecule has 0 aliphatic carbocycles. The van der Waals surface area contributed by atoms with Crippen molar-refractivity contribution >= 4 is 6.09 Å². The number of carbonyl (C=O) groups excluding carboxylic acids is 1. The van der Waals surface area contributed by atoms with E-state index in [-0.39, 0.29) is 12.0 Å². The smallest absolute Gasteiger partial charge is 0.408 e. The maximum absolute atomic E-state index is 11.7. The first-order chi connectivity index (χ1) is 7.79. The maximum atomic E-state index is 11.7. The standard InChI is InChI=1S/C12H21N3O2/c1-8(2)10(9-6-7-13-15-9)14-11(16)17-12(3,4)5/h6-8,10H,1-5H3,(H,13,15)(H,14,16)/t10-/m0/s1. The van der Waals surface area contributed by atoms with Gasteiger partial charge in [0.1, 0.15) is 5.60 Å². The second-order valence-electron chi connectivity index (χ2n) is 5.37. The van der Waals surface area contributed by atoms with Gasteiger partial charge in [0.25, 0.3) is 0 Å². The van der Waals surface area contributed by atoms with Crippen molar-refractivity contribution in [3.8, 4) is 0 Å². The number of hydrogen-bond acceptors (Lipinski definition) is 3. The van der Waals surface area contributed by atoms with Gasteiger partial charge in [-0.25, -0.2) is 4.79 Å². The second kappa shape index (κ2) is 5.21. The van der Waals surface area contributed by atoms with Crippen molar-refractivity contribution in [2.75, 3.05) is 0 Å². The van der Waals surface area contributed by atoms with Crippen LogP contribution in [0.5, 0.6) is 0 Å². The Morgan fingerprint density at radius 2 is 2.12 bits per heavy atom. The van der Waals surface area contributed by atoms with Gasteiger partial charge in [0, 0.05) is 6.20 Å². The number of H-pyrrole nitrogens is 1. The fourth-order valence-corrected chi connectivity index (χ4v) is 1.46. The van der Waals surface area contributed by atoms with E-state index in [0.29, 0.717) is 0 Å². The monoisotopic (exact) mass is 239 g/mol. The predicted molar refractivity (Wildman–Crippen MR) is 65.5 cm³/mol. The summed E-state index contributed by atoms with van der Waals surface area (Å²) in [6, 6.07) is 1.71. The van der Waals surface area contributed by atoms with Gasteiger partial charge in [0.2, 0.25) is 0 Å². The van der Waals surface area contributed by atoms with E-state index >= 15 is 0 Å². The number of hydrogen-bond donors (Lipinski definition) is 2. The van der Waals surface area contributed by atoms with E-state index in [1.54, 1.807) is 6.20 Å². The molecule has 5 heteroatoms. The third-order valence-electron chi connectivity index (χ3n) is 2.18. The molecule has 17 heavy (non-hydrogen) atoms. The number of rotatable bonds is 3. The second-order valence-corrected chi connectivity index (χ2v) is 5.37. The molecule has 96 valence electrons. The Morgan fingerprint density at radius 3 is 2.53 bits per heavy atom. The van der Waals surface area contributed by atoms with Gasteiger partial charge in [0.15, 0.2) is 0 Å². The first kappa shape index (κ1) is 13.5. The fraction of sp³-hybridized carbons (Fsp3) is 0.667. The Morgan fingerprint density at radius 1 is 1.47 bits per heavy atom. The zero-order valence-corrected chi connectivity index (χ0v) is 11.1. The summed E-state index contributed by atoms with van der Waals surface area (Å²) in [7, 11) is 0. The SMILES string of the molecule is CC(C)[C@H](NC(=O)OC(C)(C)C)c1cc[nH]n1. The predicted octanol–water partition coefficient (Wildman–Crippen LogP) is 2.63. The minimum atomic E-state index is -0.489. The molecule has 5 nitrogen and oxygen atoms in total.